The molecule has 0 spiro atoms. The van der Waals surface area contributed by atoms with E-state index in [1.54, 1.807) is 13.3 Å². The maximum atomic E-state index is 12.5. The Kier molecular flexibility index (Phi) is 7.22. The van der Waals surface area contributed by atoms with Crippen LogP contribution in [0.1, 0.15) is 36.8 Å². The second-order valence-electron chi connectivity index (χ2n) is 8.39. The van der Waals surface area contributed by atoms with E-state index in [0.717, 1.165) is 36.5 Å². The van der Waals surface area contributed by atoms with E-state index in [1.807, 2.05) is 42.5 Å². The Hall–Kier alpha value is -3.12. The van der Waals surface area contributed by atoms with Crippen LogP contribution in [-0.4, -0.2) is 43.0 Å². The Morgan fingerprint density at radius 2 is 1.97 bits per heavy atom. The third kappa shape index (κ3) is 5.37. The van der Waals surface area contributed by atoms with Gasteiger partial charge in [-0.3, -0.25) is 9.69 Å². The van der Waals surface area contributed by atoms with Gasteiger partial charge in [-0.15, -0.1) is 0 Å². The molecule has 1 aromatic heterocycles. The molecule has 6 heteroatoms. The molecule has 4 rings (SSSR count). The molecule has 2 unspecified atom stereocenters. The fourth-order valence-corrected chi connectivity index (χ4v) is 4.52. The van der Waals surface area contributed by atoms with Crippen molar-refractivity contribution in [3.05, 3.63) is 72.2 Å². The third-order valence-electron chi connectivity index (χ3n) is 6.20. The van der Waals surface area contributed by atoms with Crippen LogP contribution in [0.25, 0.3) is 11.3 Å². The molecule has 1 aliphatic rings. The molecular formula is C26H31N3O3. The number of rotatable bonds is 8. The van der Waals surface area contributed by atoms with Gasteiger partial charge in [0.05, 0.1) is 13.3 Å². The fraction of sp³-hybridized carbons (Fsp3) is 0.385. The van der Waals surface area contributed by atoms with Crippen molar-refractivity contribution in [1.82, 2.24) is 15.2 Å². The van der Waals surface area contributed by atoms with Gasteiger partial charge in [0.15, 0.2) is 11.7 Å². The normalized spacial score (nSPS) is 18.9. The number of carbonyl (C=O) groups is 1. The van der Waals surface area contributed by atoms with Crippen molar-refractivity contribution in [3.8, 4) is 17.1 Å². The Bertz CT molecular complexity index is 1000. The number of piperidine rings is 1. The van der Waals surface area contributed by atoms with E-state index in [1.165, 1.54) is 5.56 Å². The highest BCUT2D eigenvalue weighted by Crippen LogP contribution is 2.35. The summed E-state index contributed by atoms with van der Waals surface area (Å²) in [4.78, 5) is 19.2. The van der Waals surface area contributed by atoms with Crippen molar-refractivity contribution in [2.45, 2.75) is 31.7 Å². The van der Waals surface area contributed by atoms with Crippen molar-refractivity contribution >= 4 is 5.91 Å². The molecule has 3 aromatic rings. The molecular weight excluding hydrogens is 402 g/mol. The first-order valence-corrected chi connectivity index (χ1v) is 11.2. The number of amides is 1. The molecule has 6 nitrogen and oxygen atoms in total. The van der Waals surface area contributed by atoms with Gasteiger partial charge in [0.2, 0.25) is 5.91 Å². The first-order chi connectivity index (χ1) is 15.6. The van der Waals surface area contributed by atoms with E-state index in [-0.39, 0.29) is 11.9 Å². The highest BCUT2D eigenvalue weighted by molar-refractivity contribution is 5.76. The molecule has 2 heterocycles. The first kappa shape index (κ1) is 22.1. The average Bonchev–Trinajstić information content (AvgIpc) is 3.31. The summed E-state index contributed by atoms with van der Waals surface area (Å²) in [5.41, 5.74) is 2.25. The fourth-order valence-electron chi connectivity index (χ4n) is 4.52. The van der Waals surface area contributed by atoms with Gasteiger partial charge in [0.1, 0.15) is 5.75 Å². The minimum absolute atomic E-state index is 0.0335. The second-order valence-corrected chi connectivity index (χ2v) is 8.39. The number of aryl methyl sites for hydroxylation is 1. The van der Waals surface area contributed by atoms with Crippen molar-refractivity contribution in [3.63, 3.8) is 0 Å². The number of nitrogens with one attached hydrogen (secondary N) is 1. The number of methoxy groups -OCH3 is 1. The van der Waals surface area contributed by atoms with E-state index in [9.17, 15) is 4.79 Å². The van der Waals surface area contributed by atoms with Crippen molar-refractivity contribution < 1.29 is 13.9 Å². The minimum atomic E-state index is 0.0335. The maximum absolute atomic E-state index is 12.5. The summed E-state index contributed by atoms with van der Waals surface area (Å²) in [6, 6.07) is 18.4. The summed E-state index contributed by atoms with van der Waals surface area (Å²) >= 11 is 0. The number of benzene rings is 2. The number of likely N-dealkylation sites (tertiary alicyclic amines) is 1. The van der Waals surface area contributed by atoms with Gasteiger partial charge in [0, 0.05) is 31.0 Å². The number of oxazole rings is 1. The molecule has 1 saturated heterocycles. The zero-order valence-electron chi connectivity index (χ0n) is 18.8. The van der Waals surface area contributed by atoms with Crippen molar-refractivity contribution in [1.29, 1.82) is 0 Å². The quantitative estimate of drug-likeness (QED) is 0.567. The zero-order valence-corrected chi connectivity index (χ0v) is 18.8. The van der Waals surface area contributed by atoms with Crippen LogP contribution in [0, 0.1) is 5.92 Å². The van der Waals surface area contributed by atoms with Crippen LogP contribution in [0.15, 0.2) is 65.2 Å². The SMILES string of the molecule is COc1ccc(C2C(CNC(=O)CCc3ncc(-c4ccccc4)o3)CCCN2C)cc1. The molecule has 0 saturated carbocycles. The van der Waals surface area contributed by atoms with Crippen LogP contribution >= 0.6 is 0 Å². The molecule has 1 fully saturated rings. The van der Waals surface area contributed by atoms with E-state index >= 15 is 0 Å². The van der Waals surface area contributed by atoms with E-state index in [0.29, 0.717) is 31.2 Å². The molecule has 168 valence electrons. The van der Waals surface area contributed by atoms with Crippen LogP contribution in [0.2, 0.25) is 0 Å². The minimum Gasteiger partial charge on any atom is -0.497 e. The number of ether oxygens (including phenoxy) is 1. The lowest BCUT2D eigenvalue weighted by Gasteiger charge is -2.39. The number of carbonyl (C=O) groups excluding carboxylic acids is 1. The standard InChI is InChI=1S/C26H31N3O3/c1-29-16-6-9-21(26(29)20-10-12-22(31-2)13-11-20)17-27-24(30)14-15-25-28-18-23(32-25)19-7-4-3-5-8-19/h3-5,7-8,10-13,18,21,26H,6,9,14-17H2,1-2H3,(H,27,30). The summed E-state index contributed by atoms with van der Waals surface area (Å²) < 4.78 is 11.1. The van der Waals surface area contributed by atoms with Crippen LogP contribution in [0.5, 0.6) is 5.75 Å². The summed E-state index contributed by atoms with van der Waals surface area (Å²) in [5, 5.41) is 3.14. The Balaban J connectivity index is 1.30. The van der Waals surface area contributed by atoms with E-state index in [4.69, 9.17) is 9.15 Å². The average molecular weight is 434 g/mol. The van der Waals surface area contributed by atoms with Gasteiger partial charge in [-0.25, -0.2) is 4.98 Å². The van der Waals surface area contributed by atoms with Gasteiger partial charge in [-0.05, 0) is 50.0 Å². The molecule has 32 heavy (non-hydrogen) atoms. The lowest BCUT2D eigenvalue weighted by molar-refractivity contribution is -0.121. The van der Waals surface area contributed by atoms with Crippen LogP contribution in [-0.2, 0) is 11.2 Å². The summed E-state index contributed by atoms with van der Waals surface area (Å²) in [7, 11) is 3.84. The summed E-state index contributed by atoms with van der Waals surface area (Å²) in [6.45, 7) is 1.73. The van der Waals surface area contributed by atoms with Crippen molar-refractivity contribution in [2.75, 3.05) is 27.2 Å². The predicted molar refractivity (Wildman–Crippen MR) is 124 cm³/mol. The highest BCUT2D eigenvalue weighted by Gasteiger charge is 2.30. The predicted octanol–water partition coefficient (Wildman–Crippen LogP) is 4.48. The number of nitrogens with zero attached hydrogens (tertiary/aromatic N) is 2. The van der Waals surface area contributed by atoms with Gasteiger partial charge >= 0.3 is 0 Å². The second kappa shape index (κ2) is 10.5. The zero-order chi connectivity index (χ0) is 22.3. The Labute approximate surface area is 189 Å². The maximum Gasteiger partial charge on any atom is 0.220 e. The van der Waals surface area contributed by atoms with E-state index in [2.05, 4.69) is 34.4 Å². The summed E-state index contributed by atoms with van der Waals surface area (Å²) in [5.74, 6) is 2.59. The Morgan fingerprint density at radius 3 is 2.72 bits per heavy atom. The molecule has 1 aliphatic heterocycles. The Morgan fingerprint density at radius 1 is 1.19 bits per heavy atom. The number of hydrogen-bond acceptors (Lipinski definition) is 5. The van der Waals surface area contributed by atoms with Crippen LogP contribution in [0.3, 0.4) is 0 Å². The van der Waals surface area contributed by atoms with Crippen LogP contribution < -0.4 is 10.1 Å². The highest BCUT2D eigenvalue weighted by atomic mass is 16.5. The lowest BCUT2D eigenvalue weighted by Crippen LogP contribution is -2.41. The molecule has 0 aliphatic carbocycles. The lowest BCUT2D eigenvalue weighted by atomic mass is 9.85. The van der Waals surface area contributed by atoms with Crippen molar-refractivity contribution in [2.24, 2.45) is 5.92 Å². The van der Waals surface area contributed by atoms with Gasteiger partial charge in [0.25, 0.3) is 0 Å². The molecule has 2 aromatic carbocycles. The van der Waals surface area contributed by atoms with Crippen LogP contribution in [0.4, 0.5) is 0 Å². The largest absolute Gasteiger partial charge is 0.497 e. The number of hydrogen-bond donors (Lipinski definition) is 1. The monoisotopic (exact) mass is 433 g/mol. The van der Waals surface area contributed by atoms with E-state index < -0.39 is 0 Å². The topological polar surface area (TPSA) is 67.6 Å². The smallest absolute Gasteiger partial charge is 0.220 e. The van der Waals surface area contributed by atoms with Gasteiger partial charge in [-0.1, -0.05) is 42.5 Å². The molecule has 0 bridgehead atoms. The molecule has 1 amide bonds. The third-order valence-corrected chi connectivity index (χ3v) is 6.20. The molecule has 0 radical (unpaired) electrons. The molecule has 2 atom stereocenters. The molecule has 1 N–H and O–H groups in total. The number of aromatic nitrogens is 1. The summed E-state index contributed by atoms with van der Waals surface area (Å²) in [6.07, 6.45) is 4.82. The van der Waals surface area contributed by atoms with Gasteiger partial charge < -0.3 is 14.5 Å². The van der Waals surface area contributed by atoms with Gasteiger partial charge in [-0.2, -0.15) is 0 Å². The first-order valence-electron chi connectivity index (χ1n) is 11.2.